The molecule has 0 aromatic carbocycles. The van der Waals surface area contributed by atoms with Crippen LogP contribution in [0.25, 0.3) is 0 Å². The minimum Gasteiger partial charge on any atom is -0.468 e. The van der Waals surface area contributed by atoms with E-state index >= 15 is 0 Å². The van der Waals surface area contributed by atoms with Crippen LogP contribution in [0.5, 0.6) is 0 Å². The van der Waals surface area contributed by atoms with E-state index in [1.165, 1.54) is 20.3 Å². The second-order valence-corrected chi connectivity index (χ2v) is 4.32. The lowest BCUT2D eigenvalue weighted by molar-refractivity contribution is -0.156. The fourth-order valence-electron chi connectivity index (χ4n) is 2.05. The summed E-state index contributed by atoms with van der Waals surface area (Å²) in [5.41, 5.74) is -1.06. The van der Waals surface area contributed by atoms with Gasteiger partial charge < -0.3 is 9.47 Å². The molecule has 0 radical (unpaired) electrons. The quantitative estimate of drug-likeness (QED) is 0.670. The Morgan fingerprint density at radius 1 is 1.35 bits per heavy atom. The van der Waals surface area contributed by atoms with Crippen LogP contribution in [0, 0.1) is 11.3 Å². The zero-order chi connectivity index (χ0) is 13.2. The smallest absolute Gasteiger partial charge is 0.335 e. The van der Waals surface area contributed by atoms with Gasteiger partial charge in [-0.05, 0) is 18.9 Å². The molecule has 1 rings (SSSR count). The average Bonchev–Trinajstić information content (AvgIpc) is 2.31. The number of esters is 2. The SMILES string of the molecule is COC(=O)C1=CC(=O)C[C@@H](C)[C@]1(C)C(=O)OC. The van der Waals surface area contributed by atoms with Crippen molar-refractivity contribution < 1.29 is 23.9 Å². The molecule has 1 aliphatic rings. The van der Waals surface area contributed by atoms with E-state index in [1.807, 2.05) is 0 Å². The molecular formula is C12H16O5. The molecule has 2 atom stereocenters. The summed E-state index contributed by atoms with van der Waals surface area (Å²) >= 11 is 0. The monoisotopic (exact) mass is 240 g/mol. The number of allylic oxidation sites excluding steroid dienone is 1. The molecule has 0 aromatic heterocycles. The molecule has 5 heteroatoms. The van der Waals surface area contributed by atoms with Gasteiger partial charge in [0.15, 0.2) is 5.78 Å². The van der Waals surface area contributed by atoms with Gasteiger partial charge in [-0.2, -0.15) is 0 Å². The Bertz CT molecular complexity index is 396. The van der Waals surface area contributed by atoms with Crippen LogP contribution >= 0.6 is 0 Å². The fraction of sp³-hybridized carbons (Fsp3) is 0.583. The van der Waals surface area contributed by atoms with Gasteiger partial charge in [0.2, 0.25) is 0 Å². The van der Waals surface area contributed by atoms with Gasteiger partial charge in [0, 0.05) is 6.42 Å². The van der Waals surface area contributed by atoms with E-state index in [2.05, 4.69) is 4.74 Å². The molecule has 0 amide bonds. The van der Waals surface area contributed by atoms with Crippen molar-refractivity contribution in [3.63, 3.8) is 0 Å². The van der Waals surface area contributed by atoms with Crippen LogP contribution in [0.4, 0.5) is 0 Å². The van der Waals surface area contributed by atoms with Gasteiger partial charge in [-0.1, -0.05) is 6.92 Å². The highest BCUT2D eigenvalue weighted by Gasteiger charge is 2.49. The van der Waals surface area contributed by atoms with Gasteiger partial charge in [0.05, 0.1) is 19.8 Å². The number of hydrogen-bond donors (Lipinski definition) is 0. The highest BCUT2D eigenvalue weighted by Crippen LogP contribution is 2.42. The van der Waals surface area contributed by atoms with Crippen LogP contribution in [0.3, 0.4) is 0 Å². The maximum Gasteiger partial charge on any atom is 0.335 e. The van der Waals surface area contributed by atoms with Gasteiger partial charge in [-0.15, -0.1) is 0 Å². The third-order valence-corrected chi connectivity index (χ3v) is 3.37. The number of carbonyl (C=O) groups excluding carboxylic acids is 3. The van der Waals surface area contributed by atoms with Crippen molar-refractivity contribution in [3.05, 3.63) is 11.6 Å². The highest BCUT2D eigenvalue weighted by molar-refractivity contribution is 6.06. The van der Waals surface area contributed by atoms with E-state index in [9.17, 15) is 14.4 Å². The number of ether oxygens (including phenoxy) is 2. The van der Waals surface area contributed by atoms with Gasteiger partial charge >= 0.3 is 11.9 Å². The van der Waals surface area contributed by atoms with Crippen molar-refractivity contribution in [2.45, 2.75) is 20.3 Å². The molecule has 0 heterocycles. The zero-order valence-electron chi connectivity index (χ0n) is 10.4. The van der Waals surface area contributed by atoms with Crippen LogP contribution in [-0.2, 0) is 23.9 Å². The third kappa shape index (κ3) is 2.09. The molecule has 0 saturated carbocycles. The number of hydrogen-bond acceptors (Lipinski definition) is 5. The van der Waals surface area contributed by atoms with Crippen LogP contribution in [0.2, 0.25) is 0 Å². The second-order valence-electron chi connectivity index (χ2n) is 4.32. The van der Waals surface area contributed by atoms with Gasteiger partial charge in [-0.25, -0.2) is 4.79 Å². The van der Waals surface area contributed by atoms with E-state index < -0.39 is 17.4 Å². The van der Waals surface area contributed by atoms with E-state index in [0.29, 0.717) is 0 Å². The van der Waals surface area contributed by atoms with Gasteiger partial charge in [0.25, 0.3) is 0 Å². The summed E-state index contributed by atoms with van der Waals surface area (Å²) in [7, 11) is 2.47. The second kappa shape index (κ2) is 4.69. The number of rotatable bonds is 2. The molecule has 0 N–H and O–H groups in total. The molecule has 0 saturated heterocycles. The summed E-state index contributed by atoms with van der Waals surface area (Å²) in [6, 6.07) is 0. The molecule has 5 nitrogen and oxygen atoms in total. The first-order valence-electron chi connectivity index (χ1n) is 5.29. The molecule has 1 aliphatic carbocycles. The first kappa shape index (κ1) is 13.4. The van der Waals surface area contributed by atoms with Crippen molar-refractivity contribution in [2.75, 3.05) is 14.2 Å². The molecule has 0 aromatic rings. The molecule has 0 bridgehead atoms. The topological polar surface area (TPSA) is 69.7 Å². The largest absolute Gasteiger partial charge is 0.468 e. The molecule has 94 valence electrons. The Morgan fingerprint density at radius 2 is 1.94 bits per heavy atom. The van der Waals surface area contributed by atoms with E-state index in [0.717, 1.165) is 0 Å². The number of ketones is 1. The van der Waals surface area contributed by atoms with Gasteiger partial charge in [0.1, 0.15) is 5.41 Å². The van der Waals surface area contributed by atoms with Crippen LogP contribution < -0.4 is 0 Å². The normalized spacial score (nSPS) is 28.4. The van der Waals surface area contributed by atoms with Gasteiger partial charge in [-0.3, -0.25) is 9.59 Å². The molecule has 0 aliphatic heterocycles. The van der Waals surface area contributed by atoms with E-state index in [1.54, 1.807) is 13.8 Å². The van der Waals surface area contributed by atoms with Crippen LogP contribution in [0.15, 0.2) is 11.6 Å². The minimum atomic E-state index is -1.13. The predicted molar refractivity (Wildman–Crippen MR) is 59.0 cm³/mol. The average molecular weight is 240 g/mol. The van der Waals surface area contributed by atoms with Crippen molar-refractivity contribution in [3.8, 4) is 0 Å². The third-order valence-electron chi connectivity index (χ3n) is 3.37. The van der Waals surface area contributed by atoms with Crippen LogP contribution in [-0.4, -0.2) is 31.9 Å². The molecule has 0 unspecified atom stereocenters. The molecule has 0 spiro atoms. The number of methoxy groups -OCH3 is 2. The summed E-state index contributed by atoms with van der Waals surface area (Å²) in [6.45, 7) is 3.34. The molecule has 0 fully saturated rings. The lowest BCUT2D eigenvalue weighted by Gasteiger charge is -2.36. The van der Waals surface area contributed by atoms with Crippen molar-refractivity contribution >= 4 is 17.7 Å². The Labute approximate surface area is 99.8 Å². The van der Waals surface area contributed by atoms with Crippen LogP contribution in [0.1, 0.15) is 20.3 Å². The standard InChI is InChI=1S/C12H16O5/c1-7-5-8(13)6-9(10(14)16-3)12(7,2)11(15)17-4/h6-7H,5H2,1-4H3/t7-,12+/m1/s1. The maximum absolute atomic E-state index is 11.9. The summed E-state index contributed by atoms with van der Waals surface area (Å²) in [6.07, 6.45) is 1.40. The minimum absolute atomic E-state index is 0.0654. The maximum atomic E-state index is 11.9. The molecular weight excluding hydrogens is 224 g/mol. The first-order chi connectivity index (χ1) is 7.87. The summed E-state index contributed by atoms with van der Waals surface area (Å²) in [5.74, 6) is -1.69. The summed E-state index contributed by atoms with van der Waals surface area (Å²) in [4.78, 5) is 35.0. The highest BCUT2D eigenvalue weighted by atomic mass is 16.5. The fourth-order valence-corrected chi connectivity index (χ4v) is 2.05. The number of carbonyl (C=O) groups is 3. The van der Waals surface area contributed by atoms with E-state index in [-0.39, 0.29) is 23.7 Å². The Balaban J connectivity index is 3.31. The predicted octanol–water partition coefficient (Wildman–Crippen LogP) is 0.874. The summed E-state index contributed by atoms with van der Waals surface area (Å²) in [5, 5.41) is 0. The van der Waals surface area contributed by atoms with Crippen molar-refractivity contribution in [2.24, 2.45) is 11.3 Å². The zero-order valence-corrected chi connectivity index (χ0v) is 10.4. The lowest BCUT2D eigenvalue weighted by Crippen LogP contribution is -2.43. The Kier molecular flexibility index (Phi) is 3.70. The van der Waals surface area contributed by atoms with Crippen molar-refractivity contribution in [1.82, 2.24) is 0 Å². The Morgan fingerprint density at radius 3 is 2.41 bits per heavy atom. The first-order valence-corrected chi connectivity index (χ1v) is 5.29. The lowest BCUT2D eigenvalue weighted by atomic mass is 9.66. The van der Waals surface area contributed by atoms with E-state index in [4.69, 9.17) is 4.74 Å². The molecule has 17 heavy (non-hydrogen) atoms. The Hall–Kier alpha value is -1.65. The van der Waals surface area contributed by atoms with Crippen molar-refractivity contribution in [1.29, 1.82) is 0 Å². The summed E-state index contributed by atoms with van der Waals surface area (Å²) < 4.78 is 9.33.